The summed E-state index contributed by atoms with van der Waals surface area (Å²) in [7, 11) is -2.65. The van der Waals surface area contributed by atoms with Crippen molar-refractivity contribution in [2.24, 2.45) is 0 Å². The Hall–Kier alpha value is -3.62. The van der Waals surface area contributed by atoms with Crippen molar-refractivity contribution >= 4 is 52.4 Å². The zero-order valence-electron chi connectivity index (χ0n) is 21.5. The number of hydrogen-bond acceptors (Lipinski definition) is 2. The average Bonchev–Trinajstić information content (AvgIpc) is 3.00. The number of halogens is 1. The normalized spacial score (nSPS) is 11.9. The second-order valence-corrected chi connectivity index (χ2v) is 14.1. The van der Waals surface area contributed by atoms with Crippen molar-refractivity contribution in [3.8, 4) is 0 Å². The largest absolute Gasteiger partial charge is 0.290 e. The quantitative estimate of drug-likeness (QED) is 0.153. The van der Waals surface area contributed by atoms with E-state index < -0.39 is 7.26 Å². The van der Waals surface area contributed by atoms with E-state index in [-0.39, 0.29) is 5.91 Å². The zero-order valence-corrected chi connectivity index (χ0v) is 24.0. The Morgan fingerprint density at radius 2 is 1.03 bits per heavy atom. The summed E-state index contributed by atoms with van der Waals surface area (Å²) in [6, 6.07) is 48.8. The highest BCUT2D eigenvalue weighted by molar-refractivity contribution is 8.06. The molecule has 0 fully saturated rings. The van der Waals surface area contributed by atoms with E-state index in [2.05, 4.69) is 72.9 Å². The predicted octanol–water partition coefficient (Wildman–Crippen LogP) is 7.88. The van der Waals surface area contributed by atoms with Crippen molar-refractivity contribution in [1.29, 1.82) is 0 Å². The van der Waals surface area contributed by atoms with Gasteiger partial charge < -0.3 is 0 Å². The van der Waals surface area contributed by atoms with E-state index in [1.165, 1.54) is 17.3 Å². The summed E-state index contributed by atoms with van der Waals surface area (Å²) in [6.45, 7) is 2.06. The van der Waals surface area contributed by atoms with Crippen molar-refractivity contribution in [2.75, 3.05) is 0 Å². The van der Waals surface area contributed by atoms with Gasteiger partial charge in [0.25, 0.3) is 5.91 Å². The summed E-state index contributed by atoms with van der Waals surface area (Å²) >= 11 is 8.81. The van der Waals surface area contributed by atoms with Gasteiger partial charge in [-0.25, -0.2) is 0 Å². The van der Waals surface area contributed by atoms with Gasteiger partial charge in [0, 0.05) is 10.5 Å². The maximum Gasteiger partial charge on any atom is 0.258 e. The third-order valence-corrected chi connectivity index (χ3v) is 12.3. The van der Waals surface area contributed by atoms with Gasteiger partial charge in [-0.1, -0.05) is 114 Å². The smallest absolute Gasteiger partial charge is 0.258 e. The molecule has 5 heteroatoms. The van der Waals surface area contributed by atoms with Crippen LogP contribution in [0.25, 0.3) is 0 Å². The van der Waals surface area contributed by atoms with Crippen LogP contribution < -0.4 is 21.2 Å². The van der Waals surface area contributed by atoms with Crippen molar-refractivity contribution < 1.29 is 4.79 Å². The van der Waals surface area contributed by atoms with E-state index in [1.54, 1.807) is 0 Å². The molecule has 192 valence electrons. The molecule has 0 aromatic heterocycles. The highest BCUT2D eigenvalue weighted by atomic mass is 35.5. The minimum atomic E-state index is -2.65. The molecule has 0 spiro atoms. The molecule has 0 aliphatic heterocycles. The fourth-order valence-electron chi connectivity index (χ4n) is 4.58. The van der Waals surface area contributed by atoms with Crippen molar-refractivity contribution in [2.45, 2.75) is 11.8 Å². The number of carbonyl (C=O) groups excluding carboxylic acids is 1. The maximum absolute atomic E-state index is 13.8. The van der Waals surface area contributed by atoms with E-state index in [1.807, 2.05) is 84.9 Å². The Morgan fingerprint density at radius 3 is 1.46 bits per heavy atom. The lowest BCUT2D eigenvalue weighted by atomic mass is 10.2. The number of carbonyl (C=O) groups is 1. The summed E-state index contributed by atoms with van der Waals surface area (Å²) in [5.41, 5.74) is 2.47. The van der Waals surface area contributed by atoms with E-state index in [0.717, 1.165) is 20.8 Å². The fourth-order valence-corrected chi connectivity index (χ4v) is 10.5. The molecule has 5 rings (SSSR count). The first kappa shape index (κ1) is 27.0. The molecule has 0 bridgehead atoms. The maximum atomic E-state index is 13.8. The number of thioether (sulfide) groups is 1. The molecule has 0 unspecified atom stereocenters. The molecule has 0 radical (unpaired) electrons. The van der Waals surface area contributed by atoms with Crippen LogP contribution in [0.15, 0.2) is 160 Å². The molecule has 0 atom stereocenters. The topological polar surface area (TPSA) is 29.1 Å². The van der Waals surface area contributed by atoms with Gasteiger partial charge in [-0.05, 0) is 67.6 Å². The molecule has 0 saturated carbocycles. The highest BCUT2D eigenvalue weighted by Crippen LogP contribution is 2.64. The lowest BCUT2D eigenvalue weighted by Gasteiger charge is -2.30. The minimum absolute atomic E-state index is 0.194. The second kappa shape index (κ2) is 12.5. The van der Waals surface area contributed by atoms with Crippen LogP contribution in [0.5, 0.6) is 0 Å². The molecule has 0 saturated heterocycles. The van der Waals surface area contributed by atoms with Crippen molar-refractivity contribution in [1.82, 2.24) is 5.32 Å². The van der Waals surface area contributed by atoms with Crippen molar-refractivity contribution in [3.63, 3.8) is 0 Å². The number of nitrogens with one attached hydrogen (secondary N) is 1. The number of benzene rings is 5. The van der Waals surface area contributed by atoms with E-state index >= 15 is 0 Å². The molecule has 0 aliphatic carbocycles. The number of amides is 1. The van der Waals surface area contributed by atoms with Gasteiger partial charge in [-0.2, -0.15) is 0 Å². The van der Waals surface area contributed by atoms with Crippen LogP contribution in [0.4, 0.5) is 0 Å². The van der Waals surface area contributed by atoms with Crippen LogP contribution in [0.1, 0.15) is 15.9 Å². The van der Waals surface area contributed by atoms with E-state index in [9.17, 15) is 4.79 Å². The number of rotatable bonds is 8. The van der Waals surface area contributed by atoms with E-state index in [0.29, 0.717) is 15.4 Å². The molecule has 0 heterocycles. The SMILES string of the molecule is Cc1ccc(S/C(Cl)=C(\NC(=O)c2ccccc2)[P+](c2ccccc2)(c2ccccc2)c2ccccc2)cc1. The number of aryl methyl sites for hydroxylation is 1. The molecular weight excluding hydrogens is 537 g/mol. The van der Waals surface area contributed by atoms with Gasteiger partial charge in [0.05, 0.1) is 0 Å². The molecule has 5 aromatic rings. The lowest BCUT2D eigenvalue weighted by Crippen LogP contribution is -2.38. The van der Waals surface area contributed by atoms with Crippen LogP contribution in [0.3, 0.4) is 0 Å². The first-order valence-corrected chi connectivity index (χ1v) is 15.6. The Kier molecular flexibility index (Phi) is 8.64. The summed E-state index contributed by atoms with van der Waals surface area (Å²) in [6.07, 6.45) is 0. The van der Waals surface area contributed by atoms with Gasteiger partial charge in [-0.15, -0.1) is 0 Å². The minimum Gasteiger partial charge on any atom is -0.290 e. The summed E-state index contributed by atoms with van der Waals surface area (Å²) < 4.78 is 0.535. The molecule has 5 aromatic carbocycles. The highest BCUT2D eigenvalue weighted by Gasteiger charge is 2.52. The lowest BCUT2D eigenvalue weighted by molar-refractivity contribution is 0.0968. The monoisotopic (exact) mass is 564 g/mol. The molecule has 39 heavy (non-hydrogen) atoms. The summed E-state index contributed by atoms with van der Waals surface area (Å²) in [5.74, 6) is -0.194. The van der Waals surface area contributed by atoms with Gasteiger partial charge in [-0.3, -0.25) is 10.1 Å². The fraction of sp³-hybridized carbons (Fsp3) is 0.0294. The predicted molar refractivity (Wildman–Crippen MR) is 169 cm³/mol. The second-order valence-electron chi connectivity index (χ2n) is 9.04. The Bertz CT molecular complexity index is 1460. The van der Waals surface area contributed by atoms with Gasteiger partial charge in [0.2, 0.25) is 5.44 Å². The van der Waals surface area contributed by atoms with Gasteiger partial charge >= 0.3 is 0 Å². The Balaban J connectivity index is 1.81. The Morgan fingerprint density at radius 1 is 0.615 bits per heavy atom. The van der Waals surface area contributed by atoms with Crippen LogP contribution in [-0.2, 0) is 0 Å². The first-order chi connectivity index (χ1) is 19.1. The molecular formula is C34H28ClNOPS+. The molecule has 0 aliphatic rings. The average molecular weight is 565 g/mol. The summed E-state index contributed by atoms with van der Waals surface area (Å²) in [4.78, 5) is 14.8. The third-order valence-electron chi connectivity index (χ3n) is 6.45. The third kappa shape index (κ3) is 5.87. The van der Waals surface area contributed by atoms with Gasteiger partial charge in [0.15, 0.2) is 7.26 Å². The van der Waals surface area contributed by atoms with Gasteiger partial charge in [0.1, 0.15) is 20.3 Å². The zero-order chi connectivity index (χ0) is 27.1. The number of hydrogen-bond donors (Lipinski definition) is 1. The Labute approximate surface area is 240 Å². The standard InChI is InChI=1S/C34H27ClNOPS/c1-26-22-24-31(25-23-26)39-32(35)34(36-33(37)27-14-6-2-7-15-27)38(28-16-8-3-9-17-28,29-18-10-4-11-19-29)30-20-12-5-13-21-30/h2-25H,1H3/p+1/b34-32+. The van der Waals surface area contributed by atoms with Crippen LogP contribution in [0.2, 0.25) is 0 Å². The molecule has 1 N–H and O–H groups in total. The van der Waals surface area contributed by atoms with Crippen LogP contribution in [0, 0.1) is 6.92 Å². The molecule has 2 nitrogen and oxygen atoms in total. The van der Waals surface area contributed by atoms with Crippen molar-refractivity contribution in [3.05, 3.63) is 167 Å². The van der Waals surface area contributed by atoms with E-state index in [4.69, 9.17) is 11.6 Å². The van der Waals surface area contributed by atoms with Crippen LogP contribution in [-0.4, -0.2) is 5.91 Å². The first-order valence-electron chi connectivity index (χ1n) is 12.7. The molecule has 1 amide bonds. The summed E-state index contributed by atoms with van der Waals surface area (Å²) in [5, 5.41) is 6.65. The van der Waals surface area contributed by atoms with Crippen LogP contribution >= 0.6 is 30.6 Å².